The van der Waals surface area contributed by atoms with E-state index in [1.807, 2.05) is 12.3 Å². The fourth-order valence-electron chi connectivity index (χ4n) is 3.77. The van der Waals surface area contributed by atoms with Crippen LogP contribution in [0.4, 0.5) is 5.69 Å². The molecule has 0 fully saturated rings. The van der Waals surface area contributed by atoms with E-state index in [1.165, 1.54) is 5.56 Å². The lowest BCUT2D eigenvalue weighted by Gasteiger charge is -2.19. The van der Waals surface area contributed by atoms with Gasteiger partial charge in [0.1, 0.15) is 18.4 Å². The van der Waals surface area contributed by atoms with Crippen molar-refractivity contribution in [3.63, 3.8) is 0 Å². The molecule has 0 bridgehead atoms. The van der Waals surface area contributed by atoms with E-state index in [-0.39, 0.29) is 13.0 Å². The van der Waals surface area contributed by atoms with Gasteiger partial charge >= 0.3 is 0 Å². The van der Waals surface area contributed by atoms with Gasteiger partial charge in [-0.05, 0) is 74.0 Å². The summed E-state index contributed by atoms with van der Waals surface area (Å²) in [7, 11) is 0. The maximum absolute atomic E-state index is 5.69. The van der Waals surface area contributed by atoms with Gasteiger partial charge in [-0.25, -0.2) is 9.97 Å². The number of anilines is 1. The topological polar surface area (TPSA) is 82.3 Å². The van der Waals surface area contributed by atoms with Gasteiger partial charge in [0.15, 0.2) is 0 Å². The molecule has 0 spiro atoms. The normalized spacial score (nSPS) is 11.8. The van der Waals surface area contributed by atoms with E-state index in [9.17, 15) is 0 Å². The molecular formula is C40H70N4O3. The van der Waals surface area contributed by atoms with Crippen molar-refractivity contribution in [3.05, 3.63) is 65.8 Å². The van der Waals surface area contributed by atoms with Crippen LogP contribution in [0, 0.1) is 10.8 Å². The molecule has 0 unspecified atom stereocenters. The first kappa shape index (κ1) is 44.1. The van der Waals surface area contributed by atoms with Gasteiger partial charge in [-0.15, -0.1) is 0 Å². The van der Waals surface area contributed by atoms with Crippen molar-refractivity contribution in [2.45, 2.75) is 154 Å². The van der Waals surface area contributed by atoms with Crippen LogP contribution in [-0.4, -0.2) is 33.7 Å². The zero-order chi connectivity index (χ0) is 35.1. The average molecular weight is 655 g/mol. The molecule has 0 aromatic carbocycles. The lowest BCUT2D eigenvalue weighted by molar-refractivity contribution is -0.0165. The highest BCUT2D eigenvalue weighted by Crippen LogP contribution is 2.23. The monoisotopic (exact) mass is 655 g/mol. The van der Waals surface area contributed by atoms with Gasteiger partial charge in [0, 0.05) is 30.8 Å². The fraction of sp³-hybridized carbons (Fsp3) is 0.675. The maximum Gasteiger partial charge on any atom is 0.216 e. The van der Waals surface area contributed by atoms with E-state index in [1.54, 1.807) is 12.6 Å². The molecule has 0 aliphatic rings. The van der Waals surface area contributed by atoms with Crippen molar-refractivity contribution in [1.29, 1.82) is 0 Å². The highest BCUT2D eigenvalue weighted by molar-refractivity contribution is 5.41. The summed E-state index contributed by atoms with van der Waals surface area (Å²) in [6.45, 7) is 34.7. The van der Waals surface area contributed by atoms with E-state index in [4.69, 9.17) is 13.9 Å². The Hall–Kier alpha value is -2.93. The number of hydrogen-bond donors (Lipinski definition) is 1. The van der Waals surface area contributed by atoms with Gasteiger partial charge in [0.2, 0.25) is 5.88 Å². The van der Waals surface area contributed by atoms with Crippen LogP contribution in [0.15, 0.2) is 47.5 Å². The van der Waals surface area contributed by atoms with Crippen LogP contribution in [0.1, 0.15) is 165 Å². The van der Waals surface area contributed by atoms with E-state index in [0.29, 0.717) is 47.7 Å². The second-order valence-corrected chi connectivity index (χ2v) is 16.4. The van der Waals surface area contributed by atoms with Crippen molar-refractivity contribution in [3.8, 4) is 5.88 Å². The first-order valence-corrected chi connectivity index (χ1v) is 17.0. The van der Waals surface area contributed by atoms with Crippen LogP contribution in [0.3, 0.4) is 0 Å². The Labute approximate surface area is 289 Å². The summed E-state index contributed by atoms with van der Waals surface area (Å²) < 4.78 is 16.8. The molecule has 3 heterocycles. The fourth-order valence-corrected chi connectivity index (χ4v) is 3.77. The third-order valence-corrected chi connectivity index (χ3v) is 6.91. The summed E-state index contributed by atoms with van der Waals surface area (Å²) >= 11 is 0. The molecule has 0 aliphatic heterocycles. The Morgan fingerprint density at radius 3 is 1.91 bits per heavy atom. The molecule has 3 aromatic heterocycles. The molecule has 47 heavy (non-hydrogen) atoms. The molecule has 0 amide bonds. The first-order valence-electron chi connectivity index (χ1n) is 17.0. The Kier molecular flexibility index (Phi) is 19.2. The zero-order valence-electron chi connectivity index (χ0n) is 31.9. The van der Waals surface area contributed by atoms with Crippen molar-refractivity contribution in [2.24, 2.45) is 10.8 Å². The molecule has 3 aromatic rings. The molecule has 1 N–H and O–H groups in total. The predicted molar refractivity (Wildman–Crippen MR) is 201 cm³/mol. The summed E-state index contributed by atoms with van der Waals surface area (Å²) in [5, 5.41) is 3.38. The van der Waals surface area contributed by atoms with E-state index in [2.05, 4.69) is 142 Å². The van der Waals surface area contributed by atoms with Crippen molar-refractivity contribution < 1.29 is 13.9 Å². The molecular weight excluding hydrogens is 584 g/mol. The van der Waals surface area contributed by atoms with Gasteiger partial charge in [0.05, 0.1) is 35.9 Å². The van der Waals surface area contributed by atoms with Gasteiger partial charge in [0.25, 0.3) is 0 Å². The number of aromatic nitrogens is 3. The van der Waals surface area contributed by atoms with Gasteiger partial charge in [-0.3, -0.25) is 4.98 Å². The van der Waals surface area contributed by atoms with E-state index >= 15 is 0 Å². The Bertz CT molecular complexity index is 1250. The highest BCUT2D eigenvalue weighted by atomic mass is 16.5. The number of pyridine rings is 1. The van der Waals surface area contributed by atoms with Crippen molar-refractivity contribution >= 4 is 5.69 Å². The highest BCUT2D eigenvalue weighted by Gasteiger charge is 2.13. The minimum Gasteiger partial charge on any atom is -0.478 e. The van der Waals surface area contributed by atoms with Gasteiger partial charge in [-0.1, -0.05) is 90.5 Å². The SMILES string of the molecule is C.CC(C)c1cc(NCCC(C)(C)C)co1.CC(C)c1cc(OCCC(C)(C)C)ncn1.CC(C)c1ccnc(COC(C)(C)C)c1. The molecule has 0 radical (unpaired) electrons. The minimum atomic E-state index is -0.102. The van der Waals surface area contributed by atoms with Crippen molar-refractivity contribution in [1.82, 2.24) is 15.0 Å². The summed E-state index contributed by atoms with van der Waals surface area (Å²) in [5.74, 6) is 3.15. The number of nitrogens with one attached hydrogen (secondary N) is 1. The molecule has 7 heteroatoms. The van der Waals surface area contributed by atoms with Crippen LogP contribution in [0.25, 0.3) is 0 Å². The van der Waals surface area contributed by atoms with Crippen molar-refractivity contribution in [2.75, 3.05) is 18.5 Å². The molecule has 0 saturated carbocycles. The Morgan fingerprint density at radius 2 is 1.40 bits per heavy atom. The summed E-state index contributed by atoms with van der Waals surface area (Å²) in [6, 6.07) is 8.20. The average Bonchev–Trinajstić information content (AvgIpc) is 3.41. The van der Waals surface area contributed by atoms with E-state index in [0.717, 1.165) is 42.2 Å². The van der Waals surface area contributed by atoms with Crippen LogP contribution >= 0.6 is 0 Å². The van der Waals surface area contributed by atoms with Crippen LogP contribution in [0.2, 0.25) is 0 Å². The summed E-state index contributed by atoms with van der Waals surface area (Å²) in [5.41, 5.74) is 5.04. The molecule has 0 atom stereocenters. The number of furan rings is 1. The Balaban J connectivity index is 0.000000669. The number of nitrogens with zero attached hydrogens (tertiary/aromatic N) is 3. The summed E-state index contributed by atoms with van der Waals surface area (Å²) in [6.07, 6.45) is 7.42. The van der Waals surface area contributed by atoms with Crippen LogP contribution < -0.4 is 10.1 Å². The maximum atomic E-state index is 5.69. The lowest BCUT2D eigenvalue weighted by Crippen LogP contribution is -2.19. The number of hydrogen-bond acceptors (Lipinski definition) is 7. The second kappa shape index (κ2) is 20.4. The van der Waals surface area contributed by atoms with Gasteiger partial charge in [-0.2, -0.15) is 0 Å². The first-order chi connectivity index (χ1) is 21.1. The second-order valence-electron chi connectivity index (χ2n) is 16.4. The predicted octanol–water partition coefficient (Wildman–Crippen LogP) is 11.8. The molecule has 0 aliphatic carbocycles. The standard InChI is InChI=1S/C13H22N2O.C13H23NO.C13H21NO.CH4/c1-10(2)11-8-12(15-9-14-11)16-7-6-13(3,4)5;1-10(2)12-8-11(9-15-12)14-7-6-13(3,4)5;1-10(2)11-6-7-14-12(8-11)9-15-13(3,4)5;/h8-10H,6-7H2,1-5H3;8-10,14H,6-7H2,1-5H3;6-8,10H,9H2,1-5H3;1H4. The largest absolute Gasteiger partial charge is 0.478 e. The summed E-state index contributed by atoms with van der Waals surface area (Å²) in [4.78, 5) is 12.6. The molecule has 3 rings (SSSR count). The smallest absolute Gasteiger partial charge is 0.216 e. The Morgan fingerprint density at radius 1 is 0.766 bits per heavy atom. The van der Waals surface area contributed by atoms with Crippen LogP contribution in [0.5, 0.6) is 5.88 Å². The minimum absolute atomic E-state index is 0. The molecule has 0 saturated heterocycles. The molecule has 7 nitrogen and oxygen atoms in total. The van der Waals surface area contributed by atoms with Gasteiger partial charge < -0.3 is 19.2 Å². The number of ether oxygens (including phenoxy) is 2. The number of rotatable bonds is 11. The van der Waals surface area contributed by atoms with E-state index < -0.39 is 0 Å². The zero-order valence-corrected chi connectivity index (χ0v) is 31.9. The lowest BCUT2D eigenvalue weighted by atomic mass is 9.92. The molecule has 268 valence electrons. The third-order valence-electron chi connectivity index (χ3n) is 6.91. The van der Waals surface area contributed by atoms with Crippen LogP contribution in [-0.2, 0) is 11.3 Å². The third kappa shape index (κ3) is 21.5. The quantitative estimate of drug-likeness (QED) is 0.220.